The van der Waals surface area contributed by atoms with Crippen molar-refractivity contribution in [3.63, 3.8) is 0 Å². The Morgan fingerprint density at radius 1 is 0.843 bits per heavy atom. The number of primary amides is 1. The maximum absolute atomic E-state index is 13.9. The third kappa shape index (κ3) is 19.5. The van der Waals surface area contributed by atoms with Crippen molar-refractivity contribution in [1.82, 2.24) is 5.32 Å². The lowest BCUT2D eigenvalue weighted by Gasteiger charge is -2.35. The van der Waals surface area contributed by atoms with E-state index in [1.807, 2.05) is 19.1 Å². The monoisotopic (exact) mass is 736 g/mol. The van der Waals surface area contributed by atoms with Gasteiger partial charge < -0.3 is 25.6 Å². The summed E-state index contributed by atoms with van der Waals surface area (Å²) in [6.45, 7) is 11.8. The van der Waals surface area contributed by atoms with E-state index in [2.05, 4.69) is 19.2 Å². The van der Waals surface area contributed by atoms with Gasteiger partial charge in [-0.15, -0.1) is 0 Å². The summed E-state index contributed by atoms with van der Waals surface area (Å²) in [5.74, 6) is -2.57. The Balaban J connectivity index is 3.04. The third-order valence-corrected chi connectivity index (χ3v) is 10.5. The molecule has 0 bridgehead atoms. The van der Waals surface area contributed by atoms with Crippen LogP contribution in [0.1, 0.15) is 143 Å². The number of unbranched alkanes of at least 4 members (excludes halogenated alkanes) is 10. The van der Waals surface area contributed by atoms with Crippen LogP contribution in [0.25, 0.3) is 0 Å². The Kier molecular flexibility index (Phi) is 22.0. The number of ether oxygens (including phenoxy) is 2. The zero-order valence-corrected chi connectivity index (χ0v) is 33.2. The van der Waals surface area contributed by atoms with Crippen LogP contribution in [0.5, 0.6) is 5.75 Å². The lowest BCUT2D eigenvalue weighted by Crippen LogP contribution is -2.56. The molecule has 2 amide bonds. The molecule has 0 aromatic heterocycles. The molecule has 0 unspecified atom stereocenters. The summed E-state index contributed by atoms with van der Waals surface area (Å²) in [6.07, 6.45) is 14.9. The molecule has 292 valence electrons. The fourth-order valence-electron chi connectivity index (χ4n) is 5.63. The molecule has 11 heteroatoms. The zero-order chi connectivity index (χ0) is 38.3. The molecule has 0 radical (unpaired) electrons. The van der Waals surface area contributed by atoms with Crippen molar-refractivity contribution in [2.24, 2.45) is 11.7 Å². The van der Waals surface area contributed by atoms with E-state index in [-0.39, 0.29) is 24.3 Å². The van der Waals surface area contributed by atoms with Crippen molar-refractivity contribution >= 4 is 27.6 Å². The summed E-state index contributed by atoms with van der Waals surface area (Å²) >= 11 is 0. The highest BCUT2D eigenvalue weighted by molar-refractivity contribution is 7.91. The van der Waals surface area contributed by atoms with Crippen LogP contribution >= 0.6 is 0 Å². The summed E-state index contributed by atoms with van der Waals surface area (Å²) in [7, 11) is -3.04. The number of carbonyl (C=O) groups is 3. The van der Waals surface area contributed by atoms with E-state index in [0.717, 1.165) is 69.8 Å². The van der Waals surface area contributed by atoms with Gasteiger partial charge in [0.25, 0.3) is 0 Å². The Morgan fingerprint density at radius 2 is 1.41 bits per heavy atom. The van der Waals surface area contributed by atoms with Crippen LogP contribution in [0, 0.1) is 5.92 Å². The molecule has 0 saturated heterocycles. The molecule has 4 N–H and O–H groups in total. The standard InChI is InChI=1S/C40H68N2O8S/c1-7-10-13-17-20-29-51(47,48)30-21-18-15-14-16-19-22-34(40(46,27-11-8-2)38(45)50-39(4,5)6)37(44)42-35(36(41)43)31-32-23-25-33(26-24-32)49-28-12-9-3/h19,22-26,34-35,46H,7-18,20-21,27-31H2,1-6H3,(H2,41,43)(H,42,44)/b22-19+/t34-,35+,40+/m1/s1. The van der Waals surface area contributed by atoms with Crippen LogP contribution < -0.4 is 15.8 Å². The number of aliphatic hydroxyl groups is 1. The molecule has 3 atom stereocenters. The zero-order valence-electron chi connectivity index (χ0n) is 32.3. The first-order valence-electron chi connectivity index (χ1n) is 19.2. The molecule has 0 aliphatic rings. The van der Waals surface area contributed by atoms with Crippen molar-refractivity contribution in [3.05, 3.63) is 42.0 Å². The minimum Gasteiger partial charge on any atom is -0.494 e. The van der Waals surface area contributed by atoms with Crippen LogP contribution in [0.15, 0.2) is 36.4 Å². The number of benzene rings is 1. The molecule has 10 nitrogen and oxygen atoms in total. The first-order chi connectivity index (χ1) is 24.1. The molecule has 51 heavy (non-hydrogen) atoms. The number of amides is 2. The van der Waals surface area contributed by atoms with E-state index in [1.165, 1.54) is 6.08 Å². The summed E-state index contributed by atoms with van der Waals surface area (Å²) in [5, 5.41) is 14.7. The van der Waals surface area contributed by atoms with E-state index in [9.17, 15) is 27.9 Å². The number of nitrogens with one attached hydrogen (secondary N) is 1. The molecule has 0 fully saturated rings. The normalized spacial score (nSPS) is 14.5. The summed E-state index contributed by atoms with van der Waals surface area (Å²) in [6, 6.07) is 6.13. The van der Waals surface area contributed by atoms with Gasteiger partial charge in [0.15, 0.2) is 5.60 Å². The van der Waals surface area contributed by atoms with Crippen molar-refractivity contribution in [3.8, 4) is 5.75 Å². The van der Waals surface area contributed by atoms with Gasteiger partial charge >= 0.3 is 5.97 Å². The minimum atomic E-state index is -3.04. The number of allylic oxidation sites excluding steroid dienone is 1. The van der Waals surface area contributed by atoms with Crippen LogP contribution in [0.2, 0.25) is 0 Å². The molecule has 0 spiro atoms. The quantitative estimate of drug-likeness (QED) is 0.0464. The van der Waals surface area contributed by atoms with Gasteiger partial charge in [-0.1, -0.05) is 103 Å². The third-order valence-electron chi connectivity index (χ3n) is 8.71. The largest absolute Gasteiger partial charge is 0.494 e. The SMILES string of the molecule is CCCCCCCS(=O)(=O)CCCCCC/C=C/[C@H](C(=O)N[C@@H](Cc1ccc(OCCCC)cc1)C(N)=O)[C@@](O)(CCCC)C(=O)OC(C)(C)C. The van der Waals surface area contributed by atoms with Gasteiger partial charge in [-0.05, 0) is 77.0 Å². The van der Waals surface area contributed by atoms with Crippen molar-refractivity contribution in [1.29, 1.82) is 0 Å². The summed E-state index contributed by atoms with van der Waals surface area (Å²) in [4.78, 5) is 40.0. The van der Waals surface area contributed by atoms with Crippen molar-refractivity contribution in [2.75, 3.05) is 18.1 Å². The van der Waals surface area contributed by atoms with Crippen LogP contribution in [-0.2, 0) is 35.4 Å². The summed E-state index contributed by atoms with van der Waals surface area (Å²) < 4.78 is 36.1. The highest BCUT2D eigenvalue weighted by Crippen LogP contribution is 2.30. The topological polar surface area (TPSA) is 162 Å². The first kappa shape index (κ1) is 46.1. The number of rotatable bonds is 28. The number of hydrogen-bond acceptors (Lipinski definition) is 8. The number of nitrogens with two attached hydrogens (primary N) is 1. The van der Waals surface area contributed by atoms with E-state index in [1.54, 1.807) is 39.0 Å². The Hall–Kier alpha value is -2.92. The lowest BCUT2D eigenvalue weighted by atomic mass is 9.81. The number of carbonyl (C=O) groups excluding carboxylic acids is 3. The molecule has 0 aliphatic heterocycles. The Labute approximate surface area is 308 Å². The molecule has 1 aromatic carbocycles. The average molecular weight is 737 g/mol. The minimum absolute atomic E-state index is 0.0192. The van der Waals surface area contributed by atoms with Crippen molar-refractivity contribution < 1.29 is 37.4 Å². The van der Waals surface area contributed by atoms with Crippen molar-refractivity contribution in [2.45, 2.75) is 162 Å². The number of sulfone groups is 1. The van der Waals surface area contributed by atoms with Gasteiger partial charge in [0.05, 0.1) is 24.0 Å². The van der Waals surface area contributed by atoms with E-state index in [4.69, 9.17) is 15.2 Å². The van der Waals surface area contributed by atoms with Gasteiger partial charge in [-0.3, -0.25) is 9.59 Å². The van der Waals surface area contributed by atoms with E-state index in [0.29, 0.717) is 38.0 Å². The second-order valence-electron chi connectivity index (χ2n) is 14.7. The average Bonchev–Trinajstić information content (AvgIpc) is 3.06. The first-order valence-corrected chi connectivity index (χ1v) is 21.0. The molecule has 0 saturated carbocycles. The predicted octanol–water partition coefficient (Wildman–Crippen LogP) is 7.15. The lowest BCUT2D eigenvalue weighted by molar-refractivity contribution is -0.184. The van der Waals surface area contributed by atoms with Gasteiger partial charge in [-0.2, -0.15) is 0 Å². The second kappa shape index (κ2) is 24.3. The molecule has 1 aromatic rings. The van der Waals surface area contributed by atoms with Gasteiger partial charge in [-0.25, -0.2) is 13.2 Å². The number of hydrogen-bond donors (Lipinski definition) is 3. The van der Waals surface area contributed by atoms with Gasteiger partial charge in [0.1, 0.15) is 27.2 Å². The molecule has 1 rings (SSSR count). The molecular weight excluding hydrogens is 669 g/mol. The Morgan fingerprint density at radius 3 is 1.96 bits per heavy atom. The van der Waals surface area contributed by atoms with Crippen LogP contribution in [0.3, 0.4) is 0 Å². The van der Waals surface area contributed by atoms with E-state index >= 15 is 0 Å². The molecular formula is C40H68N2O8S. The highest BCUT2D eigenvalue weighted by atomic mass is 32.2. The highest BCUT2D eigenvalue weighted by Gasteiger charge is 2.49. The maximum atomic E-state index is 13.9. The van der Waals surface area contributed by atoms with E-state index < -0.39 is 50.8 Å². The summed E-state index contributed by atoms with van der Waals surface area (Å²) in [5.41, 5.74) is 3.39. The fourth-order valence-corrected chi connectivity index (χ4v) is 7.13. The smallest absolute Gasteiger partial charge is 0.339 e. The Bertz CT molecular complexity index is 1290. The van der Waals surface area contributed by atoms with Gasteiger partial charge in [0, 0.05) is 6.42 Å². The molecule has 0 heterocycles. The van der Waals surface area contributed by atoms with Crippen LogP contribution in [-0.4, -0.2) is 66.7 Å². The fraction of sp³-hybridized carbons (Fsp3) is 0.725. The predicted molar refractivity (Wildman–Crippen MR) is 205 cm³/mol. The second-order valence-corrected chi connectivity index (χ2v) is 17.0. The molecule has 0 aliphatic carbocycles. The van der Waals surface area contributed by atoms with Crippen LogP contribution in [0.4, 0.5) is 0 Å². The number of esters is 1. The van der Waals surface area contributed by atoms with Gasteiger partial charge in [0.2, 0.25) is 11.8 Å². The maximum Gasteiger partial charge on any atom is 0.339 e.